The highest BCUT2D eigenvalue weighted by molar-refractivity contribution is 6.67. The van der Waals surface area contributed by atoms with Crippen LogP contribution in [-0.4, -0.2) is 11.1 Å². The summed E-state index contributed by atoms with van der Waals surface area (Å²) in [5.41, 5.74) is 1.39. The van der Waals surface area contributed by atoms with Crippen LogP contribution in [0.5, 0.6) is 5.75 Å². The Balaban J connectivity index is 2.07. The molecule has 0 saturated heterocycles. The molecule has 4 nitrogen and oxygen atoms in total. The molecule has 1 aromatic heterocycles. The van der Waals surface area contributed by atoms with E-state index in [1.54, 1.807) is 55.5 Å². The number of carbonyl (C=O) groups excluding carboxylic acids is 1. The molecule has 0 atom stereocenters. The van der Waals surface area contributed by atoms with Crippen molar-refractivity contribution in [1.82, 2.24) is 4.98 Å². The lowest BCUT2D eigenvalue weighted by Crippen LogP contribution is -2.29. The molecular weight excluding hydrogens is 477 g/mol. The van der Waals surface area contributed by atoms with E-state index in [9.17, 15) is 4.79 Å². The second-order valence-electron chi connectivity index (χ2n) is 5.88. The summed E-state index contributed by atoms with van der Waals surface area (Å²) in [6.07, 6.45) is -0.743. The first kappa shape index (κ1) is 22.0. The number of rotatable bonds is 3. The van der Waals surface area contributed by atoms with Crippen molar-refractivity contribution in [2.24, 2.45) is 0 Å². The summed E-state index contributed by atoms with van der Waals surface area (Å²) < 4.78 is 3.65. The third-order valence-corrected chi connectivity index (χ3v) is 5.21. The minimum absolute atomic E-state index is 0.0439. The number of halogens is 5. The van der Waals surface area contributed by atoms with Crippen molar-refractivity contribution in [2.45, 2.75) is 10.7 Å². The normalized spacial score (nSPS) is 11.2. The van der Waals surface area contributed by atoms with Gasteiger partial charge in [-0.1, -0.05) is 94.4 Å². The Morgan fingerprint density at radius 2 is 1.38 bits per heavy atom. The van der Waals surface area contributed by atoms with Gasteiger partial charge in [-0.05, 0) is 31.2 Å². The number of alkyl halides is 3. The lowest BCUT2D eigenvalue weighted by molar-refractivity contribution is 0.210. The highest BCUT2D eigenvalue weighted by Gasteiger charge is 2.33. The Kier molecular flexibility index (Phi) is 6.82. The molecule has 1 heterocycles. The van der Waals surface area contributed by atoms with Crippen molar-refractivity contribution in [2.75, 3.05) is 4.90 Å². The largest absolute Gasteiger partial charge is 0.424 e. The van der Waals surface area contributed by atoms with Crippen LogP contribution in [0.25, 0.3) is 0 Å². The van der Waals surface area contributed by atoms with Gasteiger partial charge in [0.15, 0.2) is 5.75 Å². The van der Waals surface area contributed by atoms with Crippen LogP contribution in [0.3, 0.4) is 0 Å². The van der Waals surface area contributed by atoms with Crippen LogP contribution in [0.1, 0.15) is 11.4 Å². The number of aromatic nitrogens is 1. The molecule has 0 aliphatic heterocycles. The zero-order valence-electron chi connectivity index (χ0n) is 14.9. The van der Waals surface area contributed by atoms with Crippen molar-refractivity contribution < 1.29 is 9.53 Å². The van der Waals surface area contributed by atoms with E-state index >= 15 is 0 Å². The molecule has 0 N–H and O–H groups in total. The third kappa shape index (κ3) is 4.90. The van der Waals surface area contributed by atoms with Crippen molar-refractivity contribution in [3.8, 4) is 5.75 Å². The van der Waals surface area contributed by atoms with Gasteiger partial charge in [-0.25, -0.2) is 9.69 Å². The first-order valence-corrected chi connectivity index (χ1v) is 10.1. The van der Waals surface area contributed by atoms with Gasteiger partial charge in [0.2, 0.25) is 3.79 Å². The van der Waals surface area contributed by atoms with Crippen molar-refractivity contribution in [1.29, 1.82) is 0 Å². The first-order valence-electron chi connectivity index (χ1n) is 8.25. The molecule has 29 heavy (non-hydrogen) atoms. The Morgan fingerprint density at radius 1 is 0.897 bits per heavy atom. The first-order chi connectivity index (χ1) is 13.7. The SMILES string of the molecule is Cc1nc(C(Cl)(Cl)Cl)c(Cl)c(OC(=O)N(c2ccccc2)c2ccccc2)c1Cl. The topological polar surface area (TPSA) is 42.4 Å². The maximum Gasteiger partial charge on any atom is 0.424 e. The predicted octanol–water partition coefficient (Wildman–Crippen LogP) is 7.86. The Labute approximate surface area is 192 Å². The second kappa shape index (κ2) is 8.99. The van der Waals surface area contributed by atoms with Gasteiger partial charge in [-0.15, -0.1) is 0 Å². The van der Waals surface area contributed by atoms with E-state index < -0.39 is 9.89 Å². The van der Waals surface area contributed by atoms with Gasteiger partial charge in [0.1, 0.15) is 15.7 Å². The summed E-state index contributed by atoms with van der Waals surface area (Å²) in [5, 5.41) is -0.113. The van der Waals surface area contributed by atoms with Crippen LogP contribution in [0.4, 0.5) is 16.2 Å². The molecule has 150 valence electrons. The maximum atomic E-state index is 13.2. The number of nitrogens with zero attached hydrogens (tertiary/aromatic N) is 2. The monoisotopic (exact) mass is 488 g/mol. The molecular formula is C20H13Cl5N2O2. The zero-order chi connectivity index (χ0) is 21.2. The predicted molar refractivity (Wildman–Crippen MR) is 119 cm³/mol. The van der Waals surface area contributed by atoms with Gasteiger partial charge >= 0.3 is 6.09 Å². The van der Waals surface area contributed by atoms with E-state index in [-0.39, 0.29) is 21.5 Å². The number of ether oxygens (including phenoxy) is 1. The molecule has 0 unspecified atom stereocenters. The van der Waals surface area contributed by atoms with Crippen LogP contribution in [0, 0.1) is 6.92 Å². The number of carbonyl (C=O) groups is 1. The fourth-order valence-electron chi connectivity index (χ4n) is 2.56. The van der Waals surface area contributed by atoms with Crippen molar-refractivity contribution in [3.63, 3.8) is 0 Å². The number of benzene rings is 2. The van der Waals surface area contributed by atoms with Gasteiger partial charge < -0.3 is 4.74 Å². The van der Waals surface area contributed by atoms with Crippen LogP contribution in [0.15, 0.2) is 60.7 Å². The molecule has 3 aromatic rings. The van der Waals surface area contributed by atoms with E-state index in [4.69, 9.17) is 62.7 Å². The Hall–Kier alpha value is -1.69. The summed E-state index contributed by atoms with van der Waals surface area (Å²) in [6, 6.07) is 17.9. The minimum Gasteiger partial charge on any atom is -0.406 e. The quantitative estimate of drug-likeness (QED) is 0.351. The molecule has 0 radical (unpaired) electrons. The summed E-state index contributed by atoms with van der Waals surface area (Å²) in [4.78, 5) is 18.6. The Bertz CT molecular complexity index is 985. The molecule has 0 saturated carbocycles. The van der Waals surface area contributed by atoms with Gasteiger partial charge in [0.05, 0.1) is 17.1 Å². The molecule has 0 spiro atoms. The smallest absolute Gasteiger partial charge is 0.406 e. The number of hydrogen-bond acceptors (Lipinski definition) is 3. The van der Waals surface area contributed by atoms with E-state index in [1.165, 1.54) is 4.90 Å². The van der Waals surface area contributed by atoms with Crippen molar-refractivity contribution >= 4 is 75.5 Å². The number of anilines is 2. The summed E-state index contributed by atoms with van der Waals surface area (Å²) in [5.74, 6) is -0.135. The Morgan fingerprint density at radius 3 is 1.83 bits per heavy atom. The molecule has 2 aromatic carbocycles. The molecule has 3 rings (SSSR count). The lowest BCUT2D eigenvalue weighted by Gasteiger charge is -2.24. The number of para-hydroxylation sites is 2. The van der Waals surface area contributed by atoms with E-state index in [1.807, 2.05) is 12.1 Å². The fraction of sp³-hybridized carbons (Fsp3) is 0.100. The van der Waals surface area contributed by atoms with Crippen LogP contribution in [0.2, 0.25) is 10.0 Å². The van der Waals surface area contributed by atoms with E-state index in [0.29, 0.717) is 17.1 Å². The number of hydrogen-bond donors (Lipinski definition) is 0. The van der Waals surface area contributed by atoms with Crippen LogP contribution in [-0.2, 0) is 3.79 Å². The maximum absolute atomic E-state index is 13.2. The van der Waals surface area contributed by atoms with Gasteiger partial charge in [0, 0.05) is 0 Å². The van der Waals surface area contributed by atoms with Gasteiger partial charge in [0.25, 0.3) is 0 Å². The molecule has 1 amide bonds. The molecule has 0 aliphatic rings. The molecule has 0 bridgehead atoms. The van der Waals surface area contributed by atoms with E-state index in [2.05, 4.69) is 4.98 Å². The molecule has 9 heteroatoms. The van der Waals surface area contributed by atoms with Gasteiger partial charge in [-0.2, -0.15) is 0 Å². The highest BCUT2D eigenvalue weighted by atomic mass is 35.6. The standard InChI is InChI=1S/C20H13Cl5N2O2/c1-12-15(21)17(16(22)18(26-12)20(23,24)25)29-19(28)27(13-8-4-2-5-9-13)14-10-6-3-7-11-14/h2-11H,1H3. The number of aryl methyl sites for hydroxylation is 1. The second-order valence-corrected chi connectivity index (χ2v) is 8.91. The summed E-state index contributed by atoms with van der Waals surface area (Å²) >= 11 is 30.4. The number of amides is 1. The zero-order valence-corrected chi connectivity index (χ0v) is 18.7. The number of pyridine rings is 1. The summed E-state index contributed by atoms with van der Waals surface area (Å²) in [6.45, 7) is 1.59. The molecule has 0 fully saturated rings. The average molecular weight is 491 g/mol. The van der Waals surface area contributed by atoms with Crippen LogP contribution >= 0.6 is 58.0 Å². The van der Waals surface area contributed by atoms with Crippen LogP contribution < -0.4 is 9.64 Å². The summed E-state index contributed by atoms with van der Waals surface area (Å²) in [7, 11) is 0. The van der Waals surface area contributed by atoms with E-state index in [0.717, 1.165) is 0 Å². The molecule has 0 aliphatic carbocycles. The minimum atomic E-state index is -1.92. The third-order valence-electron chi connectivity index (χ3n) is 3.87. The average Bonchev–Trinajstić information content (AvgIpc) is 2.69. The fourth-order valence-corrected chi connectivity index (χ4v) is 3.65. The lowest BCUT2D eigenvalue weighted by atomic mass is 10.2. The van der Waals surface area contributed by atoms with Gasteiger partial charge in [-0.3, -0.25) is 4.98 Å². The van der Waals surface area contributed by atoms with Crippen molar-refractivity contribution in [3.05, 3.63) is 82.1 Å². The highest BCUT2D eigenvalue weighted by Crippen LogP contribution is 2.46.